The van der Waals surface area contributed by atoms with Crippen molar-refractivity contribution in [2.24, 2.45) is 0 Å². The number of rotatable bonds is 1. The molecule has 0 amide bonds. The van der Waals surface area contributed by atoms with Gasteiger partial charge in [-0.05, 0) is 28.7 Å². The highest BCUT2D eigenvalue weighted by Crippen LogP contribution is 2.03. The number of hydrogen-bond donors (Lipinski definition) is 0. The Kier molecular flexibility index (Phi) is 2.85. The first kappa shape index (κ1) is 9.24. The summed E-state index contributed by atoms with van der Waals surface area (Å²) < 4.78 is 9.33. The van der Waals surface area contributed by atoms with Gasteiger partial charge in [0.25, 0.3) is 0 Å². The molecule has 0 aromatic carbocycles. The zero-order chi connectivity index (χ0) is 9.14. The molecule has 0 saturated heterocycles. The van der Waals surface area contributed by atoms with E-state index in [1.807, 2.05) is 0 Å². The second-order valence-electron chi connectivity index (χ2n) is 1.96. The number of carbonyl (C=O) groups is 1. The molecule has 0 fully saturated rings. The fourth-order valence-corrected chi connectivity index (χ4v) is 1.09. The van der Waals surface area contributed by atoms with Crippen LogP contribution in [0.1, 0.15) is 10.4 Å². The number of methoxy groups -OCH3 is 1. The molecule has 1 aromatic heterocycles. The maximum atomic E-state index is 10.9. The minimum absolute atomic E-state index is 0.238. The fourth-order valence-electron chi connectivity index (χ4n) is 0.628. The summed E-state index contributed by atoms with van der Waals surface area (Å²) in [5.74, 6) is -0.517. The van der Waals surface area contributed by atoms with Crippen LogP contribution < -0.4 is 5.63 Å². The molecule has 0 aliphatic rings. The van der Waals surface area contributed by atoms with E-state index in [9.17, 15) is 9.59 Å². The van der Waals surface area contributed by atoms with Crippen molar-refractivity contribution >= 4 is 28.6 Å². The Balaban J connectivity index is 3.13. The predicted octanol–water partition coefficient (Wildman–Crippen LogP) is 1.03. The summed E-state index contributed by atoms with van der Waals surface area (Å²) in [6.45, 7) is 0. The van der Waals surface area contributed by atoms with Crippen molar-refractivity contribution in [1.29, 1.82) is 0 Å². The Bertz CT molecular complexity index is 355. The highest BCUT2D eigenvalue weighted by molar-refractivity contribution is 14.1. The maximum absolute atomic E-state index is 10.9. The van der Waals surface area contributed by atoms with Crippen LogP contribution in [-0.2, 0) is 4.74 Å². The smallest absolute Gasteiger partial charge is 0.349 e. The van der Waals surface area contributed by atoms with Crippen LogP contribution in [0.15, 0.2) is 21.5 Å². The molecule has 4 nitrogen and oxygen atoms in total. The largest absolute Gasteiger partial charge is 0.465 e. The first-order valence-corrected chi connectivity index (χ1v) is 4.09. The van der Waals surface area contributed by atoms with E-state index in [1.165, 1.54) is 13.2 Å². The Morgan fingerprint density at radius 3 is 2.83 bits per heavy atom. The lowest BCUT2D eigenvalue weighted by molar-refractivity contribution is 0.0597. The van der Waals surface area contributed by atoms with Crippen molar-refractivity contribution in [3.8, 4) is 0 Å². The number of ether oxygens (including phenoxy) is 1. The third-order valence-corrected chi connectivity index (χ3v) is 1.94. The minimum atomic E-state index is -0.517. The van der Waals surface area contributed by atoms with Gasteiger partial charge in [0, 0.05) is 0 Å². The summed E-state index contributed by atoms with van der Waals surface area (Å²) in [5, 5.41) is 0. The lowest BCUT2D eigenvalue weighted by Gasteiger charge is -1.96. The third kappa shape index (κ3) is 1.84. The van der Waals surface area contributed by atoms with E-state index in [0.29, 0.717) is 3.57 Å². The van der Waals surface area contributed by atoms with Crippen molar-refractivity contribution in [3.63, 3.8) is 0 Å². The number of esters is 1. The van der Waals surface area contributed by atoms with Crippen molar-refractivity contribution in [2.45, 2.75) is 0 Å². The SMILES string of the molecule is COC(=O)c1coc(=O)c(I)c1. The molecule has 64 valence electrons. The van der Waals surface area contributed by atoms with Crippen LogP contribution in [0.5, 0.6) is 0 Å². The second-order valence-corrected chi connectivity index (χ2v) is 3.12. The lowest BCUT2D eigenvalue weighted by atomic mass is 10.3. The van der Waals surface area contributed by atoms with E-state index >= 15 is 0 Å². The van der Waals surface area contributed by atoms with E-state index in [-0.39, 0.29) is 5.56 Å². The van der Waals surface area contributed by atoms with Crippen LogP contribution in [-0.4, -0.2) is 13.1 Å². The molecule has 0 aliphatic carbocycles. The van der Waals surface area contributed by atoms with Crippen LogP contribution in [0.25, 0.3) is 0 Å². The van der Waals surface area contributed by atoms with E-state index in [1.54, 1.807) is 22.6 Å². The molecule has 5 heteroatoms. The van der Waals surface area contributed by atoms with Gasteiger partial charge in [0.1, 0.15) is 6.26 Å². The first-order chi connectivity index (χ1) is 5.65. The summed E-state index contributed by atoms with van der Waals surface area (Å²) in [4.78, 5) is 21.6. The zero-order valence-corrected chi connectivity index (χ0v) is 8.32. The summed E-state index contributed by atoms with van der Waals surface area (Å²) in [6, 6.07) is 1.41. The van der Waals surface area contributed by atoms with Crippen LogP contribution in [0, 0.1) is 3.57 Å². The Morgan fingerprint density at radius 2 is 2.33 bits per heavy atom. The average Bonchev–Trinajstić information content (AvgIpc) is 2.08. The van der Waals surface area contributed by atoms with E-state index in [2.05, 4.69) is 9.15 Å². The van der Waals surface area contributed by atoms with Crippen molar-refractivity contribution in [1.82, 2.24) is 0 Å². The molecule has 1 aromatic rings. The van der Waals surface area contributed by atoms with E-state index < -0.39 is 11.6 Å². The topological polar surface area (TPSA) is 56.5 Å². The van der Waals surface area contributed by atoms with Crippen molar-refractivity contribution in [3.05, 3.63) is 31.9 Å². The van der Waals surface area contributed by atoms with E-state index in [0.717, 1.165) is 6.26 Å². The Labute approximate surface area is 81.7 Å². The molecule has 0 aliphatic heterocycles. The van der Waals surface area contributed by atoms with E-state index in [4.69, 9.17) is 0 Å². The molecule has 12 heavy (non-hydrogen) atoms. The van der Waals surface area contributed by atoms with Gasteiger partial charge in [-0.25, -0.2) is 9.59 Å². The average molecular weight is 280 g/mol. The summed E-state index contributed by atoms with van der Waals surface area (Å²) in [6.07, 6.45) is 1.08. The fraction of sp³-hybridized carbons (Fsp3) is 0.143. The monoisotopic (exact) mass is 280 g/mol. The van der Waals surface area contributed by atoms with Crippen LogP contribution >= 0.6 is 22.6 Å². The van der Waals surface area contributed by atoms with Gasteiger partial charge in [-0.15, -0.1) is 0 Å². The zero-order valence-electron chi connectivity index (χ0n) is 6.17. The molecule has 0 spiro atoms. The van der Waals surface area contributed by atoms with Gasteiger partial charge in [-0.1, -0.05) is 0 Å². The molecule has 0 N–H and O–H groups in total. The highest BCUT2D eigenvalue weighted by atomic mass is 127. The van der Waals surface area contributed by atoms with Gasteiger partial charge in [0.2, 0.25) is 0 Å². The van der Waals surface area contributed by atoms with Crippen molar-refractivity contribution in [2.75, 3.05) is 7.11 Å². The summed E-state index contributed by atoms with van der Waals surface area (Å²) in [5.41, 5.74) is -0.218. The van der Waals surface area contributed by atoms with Crippen LogP contribution in [0.4, 0.5) is 0 Å². The first-order valence-electron chi connectivity index (χ1n) is 3.02. The predicted molar refractivity (Wildman–Crippen MR) is 49.0 cm³/mol. The molecule has 0 atom stereocenters. The molecule has 1 rings (SSSR count). The Hall–Kier alpha value is -0.850. The molecule has 0 radical (unpaired) electrons. The quantitative estimate of drug-likeness (QED) is 0.569. The second kappa shape index (κ2) is 3.70. The summed E-state index contributed by atoms with van der Waals surface area (Å²) >= 11 is 1.79. The van der Waals surface area contributed by atoms with Crippen LogP contribution in [0.3, 0.4) is 0 Å². The number of hydrogen-bond acceptors (Lipinski definition) is 4. The highest BCUT2D eigenvalue weighted by Gasteiger charge is 2.08. The lowest BCUT2D eigenvalue weighted by Crippen LogP contribution is -2.07. The van der Waals surface area contributed by atoms with Gasteiger partial charge >= 0.3 is 11.6 Å². The standard InChI is InChI=1S/C7H5IO4/c1-11-6(9)4-2-5(8)7(10)12-3-4/h2-3H,1H3. The maximum Gasteiger partial charge on any atom is 0.349 e. The molecular formula is C7H5IO4. The molecule has 1 heterocycles. The van der Waals surface area contributed by atoms with Gasteiger partial charge in [-0.2, -0.15) is 0 Å². The number of carbonyl (C=O) groups excluding carboxylic acids is 1. The normalized spacial score (nSPS) is 9.50. The molecule has 0 bridgehead atoms. The molecule has 0 unspecified atom stereocenters. The van der Waals surface area contributed by atoms with Gasteiger partial charge in [-0.3, -0.25) is 0 Å². The minimum Gasteiger partial charge on any atom is -0.465 e. The molecular weight excluding hydrogens is 275 g/mol. The molecule has 0 saturated carbocycles. The number of halogens is 1. The summed E-state index contributed by atoms with van der Waals surface area (Å²) in [7, 11) is 1.26. The van der Waals surface area contributed by atoms with Crippen LogP contribution in [0.2, 0.25) is 0 Å². The third-order valence-electron chi connectivity index (χ3n) is 1.19. The van der Waals surface area contributed by atoms with Gasteiger partial charge < -0.3 is 9.15 Å². The van der Waals surface area contributed by atoms with Gasteiger partial charge in [0.05, 0.1) is 16.2 Å². The van der Waals surface area contributed by atoms with Gasteiger partial charge in [0.15, 0.2) is 0 Å². The Morgan fingerprint density at radius 1 is 1.67 bits per heavy atom. The van der Waals surface area contributed by atoms with Crippen molar-refractivity contribution < 1.29 is 13.9 Å².